The Balaban J connectivity index is 2.30. The minimum atomic E-state index is -0.229. The molecule has 1 heterocycles. The number of fused-ring (bicyclic) bond motifs is 1. The van der Waals surface area contributed by atoms with Crippen molar-refractivity contribution in [2.45, 2.75) is 0 Å². The van der Waals surface area contributed by atoms with Crippen LogP contribution in [0, 0.1) is 0 Å². The quantitative estimate of drug-likeness (QED) is 0.634. The zero-order valence-electron chi connectivity index (χ0n) is 7.66. The number of anilines is 1. The minimum Gasteiger partial charge on any atom is -0.341 e. The van der Waals surface area contributed by atoms with E-state index >= 15 is 0 Å². The Bertz CT molecular complexity index is 463. The van der Waals surface area contributed by atoms with Crippen LogP contribution in [-0.4, -0.2) is 23.3 Å². The average molecular weight is 190 g/mol. The number of H-pyrrole nitrogens is 1. The first-order chi connectivity index (χ1) is 6.79. The molecular formula is C9H10N4O. The number of hydrogen-bond donors (Lipinski definition) is 3. The molecule has 0 unspecified atom stereocenters. The zero-order valence-corrected chi connectivity index (χ0v) is 7.66. The molecule has 3 N–H and O–H groups in total. The van der Waals surface area contributed by atoms with Crippen LogP contribution in [0.3, 0.4) is 0 Å². The van der Waals surface area contributed by atoms with E-state index in [4.69, 9.17) is 0 Å². The van der Waals surface area contributed by atoms with Gasteiger partial charge in [-0.25, -0.2) is 4.79 Å². The number of carbonyl (C=O) groups is 1. The Hall–Kier alpha value is -2.04. The number of aromatic nitrogens is 2. The van der Waals surface area contributed by atoms with Gasteiger partial charge in [0.05, 0.1) is 11.7 Å². The molecule has 5 heteroatoms. The molecule has 2 amide bonds. The average Bonchev–Trinajstić information content (AvgIpc) is 2.64. The Kier molecular flexibility index (Phi) is 2.06. The van der Waals surface area contributed by atoms with Crippen molar-refractivity contribution in [1.82, 2.24) is 15.5 Å². The third kappa shape index (κ3) is 1.52. The van der Waals surface area contributed by atoms with Crippen LogP contribution in [-0.2, 0) is 0 Å². The first-order valence-electron chi connectivity index (χ1n) is 4.21. The molecule has 0 aliphatic rings. The fourth-order valence-electron chi connectivity index (χ4n) is 1.21. The molecular weight excluding hydrogens is 180 g/mol. The van der Waals surface area contributed by atoms with E-state index in [1.54, 1.807) is 13.2 Å². The van der Waals surface area contributed by atoms with Crippen molar-refractivity contribution in [3.8, 4) is 0 Å². The number of rotatable bonds is 1. The van der Waals surface area contributed by atoms with Gasteiger partial charge in [0.15, 0.2) is 0 Å². The standard InChI is InChI=1S/C9H10N4O/c1-10-9(14)12-7-2-3-8-6(4-7)5-11-13-8/h2-5H,1H3,(H,11,13)(H2,10,12,14). The second-order valence-electron chi connectivity index (χ2n) is 2.88. The number of nitrogens with zero attached hydrogens (tertiary/aromatic N) is 1. The molecule has 0 atom stereocenters. The van der Waals surface area contributed by atoms with Crippen molar-refractivity contribution in [3.63, 3.8) is 0 Å². The number of aromatic amines is 1. The highest BCUT2D eigenvalue weighted by atomic mass is 16.2. The van der Waals surface area contributed by atoms with Crippen LogP contribution in [0.4, 0.5) is 10.5 Å². The lowest BCUT2D eigenvalue weighted by molar-refractivity contribution is 0.254. The summed E-state index contributed by atoms with van der Waals surface area (Å²) >= 11 is 0. The number of carbonyl (C=O) groups excluding carboxylic acids is 1. The van der Waals surface area contributed by atoms with Gasteiger partial charge in [-0.2, -0.15) is 5.10 Å². The highest BCUT2D eigenvalue weighted by molar-refractivity contribution is 5.92. The van der Waals surface area contributed by atoms with Crippen LogP contribution in [0.1, 0.15) is 0 Å². The van der Waals surface area contributed by atoms with E-state index in [1.165, 1.54) is 0 Å². The molecule has 0 saturated carbocycles. The summed E-state index contributed by atoms with van der Waals surface area (Å²) in [4.78, 5) is 11.0. The molecule has 2 rings (SSSR count). The molecule has 72 valence electrons. The summed E-state index contributed by atoms with van der Waals surface area (Å²) in [5, 5.41) is 12.9. The van der Waals surface area contributed by atoms with Crippen molar-refractivity contribution in [3.05, 3.63) is 24.4 Å². The molecule has 0 aliphatic heterocycles. The molecule has 0 radical (unpaired) electrons. The Morgan fingerprint density at radius 2 is 2.36 bits per heavy atom. The van der Waals surface area contributed by atoms with Gasteiger partial charge in [0.1, 0.15) is 0 Å². The van der Waals surface area contributed by atoms with Crippen molar-refractivity contribution < 1.29 is 4.79 Å². The van der Waals surface area contributed by atoms with Gasteiger partial charge in [-0.1, -0.05) is 0 Å². The van der Waals surface area contributed by atoms with Gasteiger partial charge in [-0.15, -0.1) is 0 Å². The lowest BCUT2D eigenvalue weighted by Crippen LogP contribution is -2.24. The van der Waals surface area contributed by atoms with E-state index in [2.05, 4.69) is 20.8 Å². The van der Waals surface area contributed by atoms with Crippen LogP contribution in [0.5, 0.6) is 0 Å². The summed E-state index contributed by atoms with van der Waals surface area (Å²) in [6, 6.07) is 5.31. The van der Waals surface area contributed by atoms with E-state index in [1.807, 2.05) is 18.2 Å². The Labute approximate surface area is 80.5 Å². The molecule has 5 nitrogen and oxygen atoms in total. The Morgan fingerprint density at radius 3 is 3.14 bits per heavy atom. The van der Waals surface area contributed by atoms with Crippen LogP contribution in [0.2, 0.25) is 0 Å². The summed E-state index contributed by atoms with van der Waals surface area (Å²) in [6.45, 7) is 0. The maximum atomic E-state index is 11.0. The normalized spacial score (nSPS) is 10.1. The topological polar surface area (TPSA) is 69.8 Å². The smallest absolute Gasteiger partial charge is 0.318 e. The zero-order chi connectivity index (χ0) is 9.97. The summed E-state index contributed by atoms with van der Waals surface area (Å²) in [5.41, 5.74) is 1.70. The third-order valence-corrected chi connectivity index (χ3v) is 1.93. The molecule has 0 saturated heterocycles. The van der Waals surface area contributed by atoms with E-state index in [-0.39, 0.29) is 6.03 Å². The van der Waals surface area contributed by atoms with Crippen molar-refractivity contribution in [1.29, 1.82) is 0 Å². The third-order valence-electron chi connectivity index (χ3n) is 1.93. The predicted octanol–water partition coefficient (Wildman–Crippen LogP) is 1.31. The minimum absolute atomic E-state index is 0.229. The van der Waals surface area contributed by atoms with E-state index < -0.39 is 0 Å². The summed E-state index contributed by atoms with van der Waals surface area (Å²) in [5.74, 6) is 0. The fraction of sp³-hybridized carbons (Fsp3) is 0.111. The molecule has 0 aliphatic carbocycles. The highest BCUT2D eigenvalue weighted by Gasteiger charge is 2.00. The predicted molar refractivity (Wildman–Crippen MR) is 54.2 cm³/mol. The van der Waals surface area contributed by atoms with Crippen molar-refractivity contribution in [2.24, 2.45) is 0 Å². The second kappa shape index (κ2) is 3.37. The van der Waals surface area contributed by atoms with Crippen LogP contribution in [0.15, 0.2) is 24.4 Å². The van der Waals surface area contributed by atoms with E-state index in [0.29, 0.717) is 0 Å². The first-order valence-corrected chi connectivity index (χ1v) is 4.21. The maximum absolute atomic E-state index is 11.0. The Morgan fingerprint density at radius 1 is 1.50 bits per heavy atom. The van der Waals surface area contributed by atoms with Crippen LogP contribution in [0.25, 0.3) is 10.9 Å². The number of benzene rings is 1. The summed E-state index contributed by atoms with van der Waals surface area (Å²) in [6.07, 6.45) is 1.71. The van der Waals surface area contributed by atoms with Gasteiger partial charge in [0, 0.05) is 18.1 Å². The van der Waals surface area contributed by atoms with E-state index in [9.17, 15) is 4.79 Å². The molecule has 1 aromatic carbocycles. The van der Waals surface area contributed by atoms with Crippen molar-refractivity contribution in [2.75, 3.05) is 12.4 Å². The van der Waals surface area contributed by atoms with Gasteiger partial charge < -0.3 is 10.6 Å². The largest absolute Gasteiger partial charge is 0.341 e. The number of hydrogen-bond acceptors (Lipinski definition) is 2. The highest BCUT2D eigenvalue weighted by Crippen LogP contribution is 2.16. The second-order valence-corrected chi connectivity index (χ2v) is 2.88. The SMILES string of the molecule is CNC(=O)Nc1ccc2[nH]ncc2c1. The van der Waals surface area contributed by atoms with Gasteiger partial charge in [-0.05, 0) is 18.2 Å². The van der Waals surface area contributed by atoms with Crippen LogP contribution >= 0.6 is 0 Å². The lowest BCUT2D eigenvalue weighted by Gasteiger charge is -2.03. The number of nitrogens with one attached hydrogen (secondary N) is 3. The molecule has 0 spiro atoms. The fourth-order valence-corrected chi connectivity index (χ4v) is 1.21. The van der Waals surface area contributed by atoms with E-state index in [0.717, 1.165) is 16.6 Å². The maximum Gasteiger partial charge on any atom is 0.318 e. The molecule has 0 fully saturated rings. The summed E-state index contributed by atoms with van der Waals surface area (Å²) < 4.78 is 0. The van der Waals surface area contributed by atoms with Crippen LogP contribution < -0.4 is 10.6 Å². The molecule has 2 aromatic rings. The van der Waals surface area contributed by atoms with Gasteiger partial charge in [-0.3, -0.25) is 5.10 Å². The molecule has 1 aromatic heterocycles. The summed E-state index contributed by atoms with van der Waals surface area (Å²) in [7, 11) is 1.58. The van der Waals surface area contributed by atoms with Gasteiger partial charge in [0.2, 0.25) is 0 Å². The molecule has 0 bridgehead atoms. The number of urea groups is 1. The first kappa shape index (κ1) is 8.55. The molecule has 14 heavy (non-hydrogen) atoms. The van der Waals surface area contributed by atoms with Crippen molar-refractivity contribution >= 4 is 22.6 Å². The monoisotopic (exact) mass is 190 g/mol. The van der Waals surface area contributed by atoms with Gasteiger partial charge >= 0.3 is 6.03 Å². The van der Waals surface area contributed by atoms with Gasteiger partial charge in [0.25, 0.3) is 0 Å². The number of amides is 2. The lowest BCUT2D eigenvalue weighted by atomic mass is 10.2.